The van der Waals surface area contributed by atoms with Crippen molar-refractivity contribution >= 4 is 50.6 Å². The number of ether oxygens (including phenoxy) is 1. The van der Waals surface area contributed by atoms with Crippen molar-refractivity contribution in [2.45, 2.75) is 44.4 Å². The van der Waals surface area contributed by atoms with E-state index in [1.165, 1.54) is 17.7 Å². The molecule has 38 heavy (non-hydrogen) atoms. The van der Waals surface area contributed by atoms with Crippen molar-refractivity contribution in [3.05, 3.63) is 89.5 Å². The van der Waals surface area contributed by atoms with Crippen LogP contribution in [-0.4, -0.2) is 32.0 Å². The number of carbonyl (C=O) groups excluding carboxylic acids is 2. The number of anilines is 2. The maximum Gasteiger partial charge on any atom is 0.306 e. The van der Waals surface area contributed by atoms with E-state index in [1.54, 1.807) is 12.1 Å². The molecule has 0 saturated heterocycles. The van der Waals surface area contributed by atoms with Crippen molar-refractivity contribution < 1.29 is 22.7 Å². The lowest BCUT2D eigenvalue weighted by Crippen LogP contribution is -2.34. The minimum atomic E-state index is -3.79. The van der Waals surface area contributed by atoms with Gasteiger partial charge in [-0.15, -0.1) is 0 Å². The lowest BCUT2D eigenvalue weighted by Gasteiger charge is -2.14. The topological polar surface area (TPSA) is 114 Å². The van der Waals surface area contributed by atoms with Crippen LogP contribution in [0, 0.1) is 13.8 Å². The third-order valence-electron chi connectivity index (χ3n) is 5.66. The summed E-state index contributed by atoms with van der Waals surface area (Å²) in [5.41, 5.74) is 3.87. The molecule has 3 rings (SSSR count). The zero-order valence-corrected chi connectivity index (χ0v) is 23.0. The molecule has 1 amide bonds. The van der Waals surface area contributed by atoms with Gasteiger partial charge in [0.2, 0.25) is 5.91 Å². The molecule has 8 nitrogen and oxygen atoms in total. The molecule has 0 aliphatic rings. The van der Waals surface area contributed by atoms with Gasteiger partial charge in [0.15, 0.2) is 5.11 Å². The zero-order chi connectivity index (χ0) is 27.5. The molecule has 0 unspecified atom stereocenters. The van der Waals surface area contributed by atoms with E-state index in [0.717, 1.165) is 17.5 Å². The van der Waals surface area contributed by atoms with Crippen molar-refractivity contribution in [3.8, 4) is 0 Å². The van der Waals surface area contributed by atoms with Gasteiger partial charge in [-0.2, -0.15) is 0 Å². The van der Waals surface area contributed by atoms with E-state index < -0.39 is 21.9 Å². The summed E-state index contributed by atoms with van der Waals surface area (Å²) in [7, 11) is -3.79. The van der Waals surface area contributed by atoms with Crippen LogP contribution in [0.5, 0.6) is 0 Å². The van der Waals surface area contributed by atoms with E-state index >= 15 is 0 Å². The fourth-order valence-electron chi connectivity index (χ4n) is 3.63. The second kappa shape index (κ2) is 13.7. The third kappa shape index (κ3) is 8.97. The zero-order valence-electron chi connectivity index (χ0n) is 21.3. The summed E-state index contributed by atoms with van der Waals surface area (Å²) in [6.45, 7) is 3.97. The van der Waals surface area contributed by atoms with Crippen molar-refractivity contribution in [2.24, 2.45) is 0 Å². The van der Waals surface area contributed by atoms with Gasteiger partial charge in [0.25, 0.3) is 10.0 Å². The van der Waals surface area contributed by atoms with Crippen molar-refractivity contribution in [2.75, 3.05) is 16.6 Å². The number of thiocarbonyl (C=S) groups is 1. The molecule has 0 aliphatic heterocycles. The number of rotatable bonds is 11. The van der Waals surface area contributed by atoms with Gasteiger partial charge in [0, 0.05) is 12.1 Å². The number of sulfonamides is 1. The quantitative estimate of drug-likeness (QED) is 0.176. The van der Waals surface area contributed by atoms with Gasteiger partial charge < -0.3 is 15.4 Å². The molecule has 0 spiro atoms. The molecule has 0 heterocycles. The molecule has 3 N–H and O–H groups in total. The number of para-hydroxylation sites is 1. The Morgan fingerprint density at radius 3 is 2.18 bits per heavy atom. The highest BCUT2D eigenvalue weighted by Gasteiger charge is 2.17. The predicted molar refractivity (Wildman–Crippen MR) is 152 cm³/mol. The molecule has 0 aromatic heterocycles. The predicted octanol–water partition coefficient (Wildman–Crippen LogP) is 4.87. The number of aryl methyl sites for hydroxylation is 3. The number of benzene rings is 3. The summed E-state index contributed by atoms with van der Waals surface area (Å²) in [6.07, 6.45) is 1.39. The van der Waals surface area contributed by atoms with Crippen LogP contribution in [0.3, 0.4) is 0 Å². The minimum absolute atomic E-state index is 0.0375. The van der Waals surface area contributed by atoms with E-state index in [9.17, 15) is 18.0 Å². The van der Waals surface area contributed by atoms with Crippen LogP contribution in [0.4, 0.5) is 11.4 Å². The SMILES string of the molecule is Cc1cccc(C)c1NS(=O)(=O)c1ccc(NC(=S)NC(=O)CCC(=O)OCCCc2ccccc2)cc1. The Morgan fingerprint density at radius 2 is 1.53 bits per heavy atom. The first kappa shape index (κ1) is 28.8. The van der Waals surface area contributed by atoms with Gasteiger partial charge in [-0.3, -0.25) is 14.3 Å². The van der Waals surface area contributed by atoms with Gasteiger partial charge in [0.05, 0.1) is 23.6 Å². The summed E-state index contributed by atoms with van der Waals surface area (Å²) in [6, 6.07) is 21.4. The molecule has 0 saturated carbocycles. The Hall–Kier alpha value is -3.76. The number of hydrogen-bond donors (Lipinski definition) is 3. The fraction of sp³-hybridized carbons (Fsp3) is 0.250. The van der Waals surface area contributed by atoms with E-state index in [1.807, 2.05) is 62.4 Å². The molecule has 0 radical (unpaired) electrons. The van der Waals surface area contributed by atoms with Crippen LogP contribution < -0.4 is 15.4 Å². The van der Waals surface area contributed by atoms with Crippen LogP contribution in [0.1, 0.15) is 36.0 Å². The monoisotopic (exact) mass is 553 g/mol. The maximum absolute atomic E-state index is 12.8. The Kier molecular flexibility index (Phi) is 10.4. The Balaban J connectivity index is 1.40. The van der Waals surface area contributed by atoms with Crippen LogP contribution >= 0.6 is 12.2 Å². The first-order valence-corrected chi connectivity index (χ1v) is 14.0. The molecule has 0 fully saturated rings. The largest absolute Gasteiger partial charge is 0.466 e. The molecule has 3 aromatic rings. The summed E-state index contributed by atoms with van der Waals surface area (Å²) in [5.74, 6) is -0.876. The molecule has 200 valence electrons. The van der Waals surface area contributed by atoms with Gasteiger partial charge in [-0.25, -0.2) is 8.42 Å². The Bertz CT molecular complexity index is 1360. The van der Waals surface area contributed by atoms with Crippen LogP contribution in [0.15, 0.2) is 77.7 Å². The second-order valence-electron chi connectivity index (χ2n) is 8.71. The van der Waals surface area contributed by atoms with Gasteiger partial charge in [-0.1, -0.05) is 48.5 Å². The molecule has 10 heteroatoms. The van der Waals surface area contributed by atoms with Gasteiger partial charge >= 0.3 is 5.97 Å². The standard InChI is InChI=1S/C28H31N3O5S2/c1-20-8-6-9-21(2)27(20)31-38(34,35)24-15-13-23(14-16-24)29-28(37)30-25(32)17-18-26(33)36-19-7-12-22-10-4-3-5-11-22/h3-6,8-11,13-16,31H,7,12,17-19H2,1-2H3,(H2,29,30,32,37). The van der Waals surface area contributed by atoms with Crippen LogP contribution in [0.2, 0.25) is 0 Å². The van der Waals surface area contributed by atoms with E-state index in [0.29, 0.717) is 24.4 Å². The van der Waals surface area contributed by atoms with E-state index in [4.69, 9.17) is 17.0 Å². The first-order chi connectivity index (χ1) is 18.1. The average Bonchev–Trinajstić information content (AvgIpc) is 2.88. The van der Waals surface area contributed by atoms with Gasteiger partial charge in [-0.05, 0) is 79.9 Å². The Morgan fingerprint density at radius 1 is 0.868 bits per heavy atom. The van der Waals surface area contributed by atoms with Crippen LogP contribution in [0.25, 0.3) is 0 Å². The minimum Gasteiger partial charge on any atom is -0.466 e. The van der Waals surface area contributed by atoms with E-state index in [-0.39, 0.29) is 22.8 Å². The highest BCUT2D eigenvalue weighted by Crippen LogP contribution is 2.24. The van der Waals surface area contributed by atoms with E-state index in [2.05, 4.69) is 15.4 Å². The first-order valence-electron chi connectivity index (χ1n) is 12.1. The number of esters is 1. The molecular formula is C28H31N3O5S2. The number of nitrogens with one attached hydrogen (secondary N) is 3. The molecular weight excluding hydrogens is 522 g/mol. The number of carbonyl (C=O) groups is 2. The van der Waals surface area contributed by atoms with Gasteiger partial charge in [0.1, 0.15) is 0 Å². The summed E-state index contributed by atoms with van der Waals surface area (Å²) in [4.78, 5) is 24.1. The molecule has 0 aliphatic carbocycles. The smallest absolute Gasteiger partial charge is 0.306 e. The molecule has 0 bridgehead atoms. The van der Waals surface area contributed by atoms with Crippen LogP contribution in [-0.2, 0) is 30.8 Å². The summed E-state index contributed by atoms with van der Waals surface area (Å²) in [5, 5.41) is 5.38. The number of amides is 1. The lowest BCUT2D eigenvalue weighted by atomic mass is 10.1. The molecule has 3 aromatic carbocycles. The van der Waals surface area contributed by atoms with Crippen molar-refractivity contribution in [1.82, 2.24) is 5.32 Å². The normalized spacial score (nSPS) is 10.9. The fourth-order valence-corrected chi connectivity index (χ4v) is 5.07. The molecule has 0 atom stereocenters. The highest BCUT2D eigenvalue weighted by molar-refractivity contribution is 7.92. The number of hydrogen-bond acceptors (Lipinski definition) is 6. The Labute approximate surface area is 228 Å². The maximum atomic E-state index is 12.8. The van der Waals surface area contributed by atoms with Crippen molar-refractivity contribution in [3.63, 3.8) is 0 Å². The summed E-state index contributed by atoms with van der Waals surface area (Å²) < 4.78 is 33.4. The second-order valence-corrected chi connectivity index (χ2v) is 10.8. The average molecular weight is 554 g/mol. The third-order valence-corrected chi connectivity index (χ3v) is 7.23. The highest BCUT2D eigenvalue weighted by atomic mass is 32.2. The lowest BCUT2D eigenvalue weighted by molar-refractivity contribution is -0.145. The van der Waals surface area contributed by atoms with Crippen molar-refractivity contribution in [1.29, 1.82) is 0 Å². The summed E-state index contributed by atoms with van der Waals surface area (Å²) >= 11 is 5.16.